The van der Waals surface area contributed by atoms with Crippen LogP contribution in [0.3, 0.4) is 0 Å². The number of amides is 1. The summed E-state index contributed by atoms with van der Waals surface area (Å²) in [6, 6.07) is 5.93. The van der Waals surface area contributed by atoms with Gasteiger partial charge in [-0.15, -0.1) is 0 Å². The van der Waals surface area contributed by atoms with E-state index in [2.05, 4.69) is 22.9 Å². The number of halogens is 1. The summed E-state index contributed by atoms with van der Waals surface area (Å²) in [5.41, 5.74) is 1.13. The van der Waals surface area contributed by atoms with Gasteiger partial charge in [-0.05, 0) is 39.5 Å². The van der Waals surface area contributed by atoms with E-state index in [1.54, 1.807) is 7.11 Å². The van der Waals surface area contributed by atoms with E-state index in [9.17, 15) is 4.79 Å². The van der Waals surface area contributed by atoms with E-state index < -0.39 is 0 Å². The number of ether oxygens (including phenoxy) is 1. The van der Waals surface area contributed by atoms with E-state index in [1.165, 1.54) is 0 Å². The summed E-state index contributed by atoms with van der Waals surface area (Å²) in [4.78, 5) is 13.6. The van der Waals surface area contributed by atoms with Crippen molar-refractivity contribution in [2.24, 2.45) is 5.92 Å². The second-order valence-electron chi connectivity index (χ2n) is 4.55. The van der Waals surface area contributed by atoms with Crippen LogP contribution in [0, 0.1) is 5.92 Å². The predicted octanol–water partition coefficient (Wildman–Crippen LogP) is 2.83. The Labute approximate surface area is 110 Å². The Morgan fingerprint density at radius 2 is 2.29 bits per heavy atom. The second-order valence-corrected chi connectivity index (χ2v) is 5.41. The number of nitrogens with zero attached hydrogens (tertiary/aromatic N) is 1. The van der Waals surface area contributed by atoms with Gasteiger partial charge >= 0.3 is 0 Å². The van der Waals surface area contributed by atoms with Crippen LogP contribution in [-0.4, -0.2) is 24.5 Å². The van der Waals surface area contributed by atoms with E-state index in [0.29, 0.717) is 18.9 Å². The second kappa shape index (κ2) is 5.08. The number of hydrogen-bond donors (Lipinski definition) is 0. The first kappa shape index (κ1) is 12.4. The number of benzene rings is 1. The average molecular weight is 298 g/mol. The molecule has 1 aliphatic rings. The van der Waals surface area contributed by atoms with Crippen LogP contribution in [0.2, 0.25) is 0 Å². The summed E-state index contributed by atoms with van der Waals surface area (Å²) >= 11 is 3.46. The van der Waals surface area contributed by atoms with Crippen LogP contribution in [-0.2, 0) is 11.3 Å². The largest absolute Gasteiger partial charge is 0.496 e. The molecule has 1 fully saturated rings. The molecule has 1 heterocycles. The Kier molecular flexibility index (Phi) is 3.72. The highest BCUT2D eigenvalue weighted by Crippen LogP contribution is 2.27. The van der Waals surface area contributed by atoms with Crippen LogP contribution in [0.15, 0.2) is 22.7 Å². The zero-order valence-corrected chi connectivity index (χ0v) is 11.7. The van der Waals surface area contributed by atoms with Crippen LogP contribution in [0.4, 0.5) is 0 Å². The van der Waals surface area contributed by atoms with Crippen LogP contribution in [0.25, 0.3) is 0 Å². The third kappa shape index (κ3) is 2.80. The summed E-state index contributed by atoms with van der Waals surface area (Å²) in [6.07, 6.45) is 0.678. The summed E-state index contributed by atoms with van der Waals surface area (Å²) in [6.45, 7) is 3.66. The van der Waals surface area contributed by atoms with Gasteiger partial charge in [-0.1, -0.05) is 13.0 Å². The van der Waals surface area contributed by atoms with E-state index in [4.69, 9.17) is 4.74 Å². The highest BCUT2D eigenvalue weighted by atomic mass is 79.9. The minimum atomic E-state index is 0.254. The molecular formula is C13H16BrNO2. The molecule has 1 amide bonds. The maximum Gasteiger partial charge on any atom is 0.223 e. The maximum absolute atomic E-state index is 11.7. The topological polar surface area (TPSA) is 29.5 Å². The summed E-state index contributed by atoms with van der Waals surface area (Å²) < 4.78 is 6.11. The normalized spacial score (nSPS) is 19.8. The number of hydrogen-bond acceptors (Lipinski definition) is 2. The van der Waals surface area contributed by atoms with Crippen molar-refractivity contribution in [2.75, 3.05) is 13.7 Å². The molecule has 1 unspecified atom stereocenters. The van der Waals surface area contributed by atoms with Gasteiger partial charge in [-0.3, -0.25) is 4.79 Å². The van der Waals surface area contributed by atoms with Gasteiger partial charge in [-0.25, -0.2) is 0 Å². The van der Waals surface area contributed by atoms with E-state index in [1.807, 2.05) is 23.1 Å². The van der Waals surface area contributed by atoms with Crippen molar-refractivity contribution in [3.63, 3.8) is 0 Å². The lowest BCUT2D eigenvalue weighted by Crippen LogP contribution is -2.24. The zero-order valence-electron chi connectivity index (χ0n) is 10.1. The molecule has 0 bridgehead atoms. The molecule has 4 heteroatoms. The van der Waals surface area contributed by atoms with Gasteiger partial charge in [0.05, 0.1) is 11.6 Å². The smallest absolute Gasteiger partial charge is 0.223 e. The van der Waals surface area contributed by atoms with E-state index in [-0.39, 0.29) is 5.91 Å². The fourth-order valence-corrected chi connectivity index (χ4v) is 2.74. The van der Waals surface area contributed by atoms with Crippen LogP contribution in [0.5, 0.6) is 5.75 Å². The van der Waals surface area contributed by atoms with Crippen molar-refractivity contribution in [1.29, 1.82) is 0 Å². The van der Waals surface area contributed by atoms with Crippen molar-refractivity contribution in [1.82, 2.24) is 4.90 Å². The van der Waals surface area contributed by atoms with Crippen LogP contribution < -0.4 is 4.74 Å². The Morgan fingerprint density at radius 3 is 2.82 bits per heavy atom. The Morgan fingerprint density at radius 1 is 1.53 bits per heavy atom. The van der Waals surface area contributed by atoms with Gasteiger partial charge in [0.2, 0.25) is 5.91 Å². The third-order valence-electron chi connectivity index (χ3n) is 3.00. The van der Waals surface area contributed by atoms with Gasteiger partial charge in [0.1, 0.15) is 5.75 Å². The molecule has 2 rings (SSSR count). The van der Waals surface area contributed by atoms with Crippen molar-refractivity contribution >= 4 is 21.8 Å². The molecule has 3 nitrogen and oxygen atoms in total. The summed E-state index contributed by atoms with van der Waals surface area (Å²) in [5, 5.41) is 0. The quantitative estimate of drug-likeness (QED) is 0.859. The van der Waals surface area contributed by atoms with Crippen molar-refractivity contribution < 1.29 is 9.53 Å². The highest BCUT2D eigenvalue weighted by Gasteiger charge is 2.26. The first-order valence-electron chi connectivity index (χ1n) is 5.70. The molecule has 0 aromatic heterocycles. The number of carbonyl (C=O) groups is 1. The molecule has 0 radical (unpaired) electrons. The van der Waals surface area contributed by atoms with Gasteiger partial charge in [0.15, 0.2) is 0 Å². The standard InChI is InChI=1S/C13H16BrNO2/c1-9-5-13(16)15(7-9)8-10-3-4-12(17-2)11(14)6-10/h3-4,6,9H,5,7-8H2,1-2H3. The monoisotopic (exact) mass is 297 g/mol. The van der Waals surface area contributed by atoms with E-state index in [0.717, 1.165) is 22.3 Å². The summed E-state index contributed by atoms with van der Waals surface area (Å²) in [7, 11) is 1.64. The van der Waals surface area contributed by atoms with Gasteiger partial charge in [0.25, 0.3) is 0 Å². The molecule has 1 atom stereocenters. The minimum absolute atomic E-state index is 0.254. The van der Waals surface area contributed by atoms with Gasteiger partial charge < -0.3 is 9.64 Å². The molecule has 0 saturated carbocycles. The first-order chi connectivity index (χ1) is 8.10. The molecule has 1 aromatic carbocycles. The zero-order chi connectivity index (χ0) is 12.4. The molecule has 1 aromatic rings. The summed E-state index contributed by atoms with van der Waals surface area (Å²) in [5.74, 6) is 1.54. The molecule has 0 aliphatic carbocycles. The Hall–Kier alpha value is -1.03. The lowest BCUT2D eigenvalue weighted by molar-refractivity contribution is -0.128. The molecule has 92 valence electrons. The SMILES string of the molecule is COc1ccc(CN2CC(C)CC2=O)cc1Br. The molecule has 1 saturated heterocycles. The van der Waals surface area contributed by atoms with Crippen LogP contribution >= 0.6 is 15.9 Å². The molecule has 0 spiro atoms. The Balaban J connectivity index is 2.09. The lowest BCUT2D eigenvalue weighted by atomic mass is 10.2. The average Bonchev–Trinajstić information content (AvgIpc) is 2.58. The lowest BCUT2D eigenvalue weighted by Gasteiger charge is -2.16. The van der Waals surface area contributed by atoms with Crippen molar-refractivity contribution in [3.05, 3.63) is 28.2 Å². The fraction of sp³-hybridized carbons (Fsp3) is 0.462. The van der Waals surface area contributed by atoms with Gasteiger partial charge in [0, 0.05) is 19.5 Å². The Bertz CT molecular complexity index is 433. The molecule has 0 N–H and O–H groups in total. The molecule has 17 heavy (non-hydrogen) atoms. The maximum atomic E-state index is 11.7. The molecular weight excluding hydrogens is 282 g/mol. The fourth-order valence-electron chi connectivity index (χ4n) is 2.15. The molecule has 1 aliphatic heterocycles. The minimum Gasteiger partial charge on any atom is -0.496 e. The number of methoxy groups -OCH3 is 1. The van der Waals surface area contributed by atoms with Crippen LogP contribution in [0.1, 0.15) is 18.9 Å². The number of carbonyl (C=O) groups excluding carboxylic acids is 1. The number of likely N-dealkylation sites (tertiary alicyclic amines) is 1. The van der Waals surface area contributed by atoms with E-state index >= 15 is 0 Å². The third-order valence-corrected chi connectivity index (χ3v) is 3.62. The highest BCUT2D eigenvalue weighted by molar-refractivity contribution is 9.10. The predicted molar refractivity (Wildman–Crippen MR) is 69.9 cm³/mol. The van der Waals surface area contributed by atoms with Crippen molar-refractivity contribution in [3.8, 4) is 5.75 Å². The van der Waals surface area contributed by atoms with Gasteiger partial charge in [-0.2, -0.15) is 0 Å². The number of rotatable bonds is 3. The van der Waals surface area contributed by atoms with Crippen molar-refractivity contribution in [2.45, 2.75) is 19.9 Å². The first-order valence-corrected chi connectivity index (χ1v) is 6.49.